The minimum absolute atomic E-state index is 0.0914. The highest BCUT2D eigenvalue weighted by Gasteiger charge is 2.38. The topological polar surface area (TPSA) is 100 Å². The molecule has 0 aliphatic heterocycles. The maximum absolute atomic E-state index is 10.6. The van der Waals surface area contributed by atoms with E-state index in [1.807, 2.05) is 54.6 Å². The zero-order chi connectivity index (χ0) is 20.0. The van der Waals surface area contributed by atoms with Crippen LogP contribution in [0.25, 0.3) is 22.9 Å². The summed E-state index contributed by atoms with van der Waals surface area (Å²) >= 11 is 0. The van der Waals surface area contributed by atoms with Crippen LogP contribution in [0.5, 0.6) is 0 Å². The Hall–Kier alpha value is -3.55. The van der Waals surface area contributed by atoms with Crippen LogP contribution in [0.15, 0.2) is 59.2 Å². The molecule has 0 aliphatic rings. The SMILES string of the molecule is N=C(N)c1ccc2cc(C=Cc3ccco3)ccc2c1.O=C(O)C(F)(F)F. The van der Waals surface area contributed by atoms with Crippen LogP contribution in [0.1, 0.15) is 16.9 Å². The lowest BCUT2D eigenvalue weighted by Gasteiger charge is -2.03. The first kappa shape index (κ1) is 19.8. The second-order valence-corrected chi connectivity index (χ2v) is 5.39. The number of carbonyl (C=O) groups is 1. The summed E-state index contributed by atoms with van der Waals surface area (Å²) in [5.74, 6) is -1.83. The second-order valence-electron chi connectivity index (χ2n) is 5.39. The van der Waals surface area contributed by atoms with Gasteiger partial charge in [-0.2, -0.15) is 13.2 Å². The Balaban J connectivity index is 0.000000321. The van der Waals surface area contributed by atoms with Crippen LogP contribution in [0.2, 0.25) is 0 Å². The average molecular weight is 376 g/mol. The van der Waals surface area contributed by atoms with Crippen molar-refractivity contribution in [2.75, 3.05) is 0 Å². The number of furan rings is 1. The normalized spacial score (nSPS) is 11.2. The van der Waals surface area contributed by atoms with Crippen LogP contribution < -0.4 is 5.73 Å². The predicted molar refractivity (Wildman–Crippen MR) is 96.3 cm³/mol. The fourth-order valence-electron chi connectivity index (χ4n) is 2.10. The highest BCUT2D eigenvalue weighted by Crippen LogP contribution is 2.19. The molecule has 8 heteroatoms. The number of carboxylic acids is 1. The van der Waals surface area contributed by atoms with Gasteiger partial charge in [0.2, 0.25) is 0 Å². The molecule has 2 aromatic carbocycles. The smallest absolute Gasteiger partial charge is 0.475 e. The van der Waals surface area contributed by atoms with Gasteiger partial charge in [-0.15, -0.1) is 0 Å². The Morgan fingerprint density at radius 2 is 1.70 bits per heavy atom. The minimum atomic E-state index is -5.08. The summed E-state index contributed by atoms with van der Waals surface area (Å²) in [5, 5.41) is 16.8. The van der Waals surface area contributed by atoms with Gasteiger partial charge in [-0.1, -0.05) is 30.3 Å². The summed E-state index contributed by atoms with van der Waals surface area (Å²) in [6, 6.07) is 15.7. The number of carboxylic acid groups (broad SMARTS) is 1. The number of halogens is 3. The molecule has 4 N–H and O–H groups in total. The molecular formula is C19H15F3N2O3. The van der Waals surface area contributed by atoms with E-state index in [2.05, 4.69) is 6.07 Å². The third kappa shape index (κ3) is 5.74. The van der Waals surface area contributed by atoms with Crippen molar-refractivity contribution >= 4 is 34.7 Å². The van der Waals surface area contributed by atoms with Crippen molar-refractivity contribution in [1.82, 2.24) is 0 Å². The quantitative estimate of drug-likeness (QED) is 0.462. The molecular weight excluding hydrogens is 361 g/mol. The van der Waals surface area contributed by atoms with Crippen LogP contribution in [0.4, 0.5) is 13.2 Å². The van der Waals surface area contributed by atoms with E-state index in [-0.39, 0.29) is 5.84 Å². The molecule has 3 rings (SSSR count). The summed E-state index contributed by atoms with van der Waals surface area (Å²) in [5.41, 5.74) is 7.35. The van der Waals surface area contributed by atoms with Crippen LogP contribution in [0, 0.1) is 5.41 Å². The molecule has 3 aromatic rings. The van der Waals surface area contributed by atoms with Crippen molar-refractivity contribution in [2.45, 2.75) is 6.18 Å². The van der Waals surface area contributed by atoms with Crippen molar-refractivity contribution < 1.29 is 27.5 Å². The lowest BCUT2D eigenvalue weighted by atomic mass is 10.0. The summed E-state index contributed by atoms with van der Waals surface area (Å²) in [6.45, 7) is 0. The van der Waals surface area contributed by atoms with Crippen molar-refractivity contribution in [2.24, 2.45) is 5.73 Å². The molecule has 5 nitrogen and oxygen atoms in total. The van der Waals surface area contributed by atoms with Gasteiger partial charge in [0.25, 0.3) is 0 Å². The van der Waals surface area contributed by atoms with Gasteiger partial charge in [-0.3, -0.25) is 5.41 Å². The van der Waals surface area contributed by atoms with Gasteiger partial charge in [0.15, 0.2) is 0 Å². The van der Waals surface area contributed by atoms with Gasteiger partial charge >= 0.3 is 12.1 Å². The van der Waals surface area contributed by atoms with Crippen molar-refractivity contribution in [3.63, 3.8) is 0 Å². The van der Waals surface area contributed by atoms with E-state index < -0.39 is 12.1 Å². The summed E-state index contributed by atoms with van der Waals surface area (Å²) in [7, 11) is 0. The van der Waals surface area contributed by atoms with E-state index in [0.717, 1.165) is 27.7 Å². The Morgan fingerprint density at radius 1 is 1.07 bits per heavy atom. The first-order valence-corrected chi connectivity index (χ1v) is 7.57. The van der Waals surface area contributed by atoms with Crippen LogP contribution in [-0.2, 0) is 4.79 Å². The Labute approximate surface area is 152 Å². The maximum atomic E-state index is 10.6. The molecule has 0 atom stereocenters. The van der Waals surface area contributed by atoms with E-state index in [4.69, 9.17) is 25.5 Å². The molecule has 0 aliphatic carbocycles. The van der Waals surface area contributed by atoms with Gasteiger partial charge in [0.05, 0.1) is 6.26 Å². The van der Waals surface area contributed by atoms with E-state index in [1.165, 1.54) is 0 Å². The highest BCUT2D eigenvalue weighted by atomic mass is 19.4. The van der Waals surface area contributed by atoms with Gasteiger partial charge in [0.1, 0.15) is 11.6 Å². The van der Waals surface area contributed by atoms with Gasteiger partial charge in [-0.25, -0.2) is 4.79 Å². The van der Waals surface area contributed by atoms with Gasteiger partial charge in [0, 0.05) is 5.56 Å². The molecule has 0 fully saturated rings. The molecule has 0 radical (unpaired) electrons. The number of amidine groups is 1. The maximum Gasteiger partial charge on any atom is 0.490 e. The van der Waals surface area contributed by atoms with Gasteiger partial charge < -0.3 is 15.3 Å². The number of hydrogen-bond donors (Lipinski definition) is 3. The predicted octanol–water partition coefficient (Wildman–Crippen LogP) is 4.52. The Morgan fingerprint density at radius 3 is 2.26 bits per heavy atom. The minimum Gasteiger partial charge on any atom is -0.475 e. The van der Waals surface area contributed by atoms with Crippen LogP contribution >= 0.6 is 0 Å². The summed E-state index contributed by atoms with van der Waals surface area (Å²) in [6.07, 6.45) is 0.519. The monoisotopic (exact) mass is 376 g/mol. The number of benzene rings is 2. The van der Waals surface area contributed by atoms with E-state index in [1.54, 1.807) is 6.26 Å². The van der Waals surface area contributed by atoms with Crippen molar-refractivity contribution in [1.29, 1.82) is 5.41 Å². The Kier molecular flexibility index (Phi) is 6.02. The fraction of sp³-hybridized carbons (Fsp3) is 0.0526. The highest BCUT2D eigenvalue weighted by molar-refractivity contribution is 5.99. The molecule has 1 heterocycles. The molecule has 0 saturated carbocycles. The number of hydrogen-bond acceptors (Lipinski definition) is 3. The lowest BCUT2D eigenvalue weighted by molar-refractivity contribution is -0.192. The second kappa shape index (κ2) is 8.22. The standard InChI is InChI=1S/C17H14N2O.C2HF3O2/c18-17(19)15-7-6-13-10-12(3-5-14(13)11-15)4-8-16-2-1-9-20-16;3-2(4,5)1(6)7/h1-11H,(H3,18,19);(H,6,7). The first-order valence-electron chi connectivity index (χ1n) is 7.57. The fourth-order valence-corrected chi connectivity index (χ4v) is 2.10. The van der Waals surface area contributed by atoms with Gasteiger partial charge in [-0.05, 0) is 46.7 Å². The molecule has 0 bridgehead atoms. The molecule has 0 unspecified atom stereocenters. The molecule has 27 heavy (non-hydrogen) atoms. The average Bonchev–Trinajstić information content (AvgIpc) is 3.12. The van der Waals surface area contributed by atoms with Crippen LogP contribution in [-0.4, -0.2) is 23.1 Å². The first-order chi connectivity index (χ1) is 12.7. The number of aliphatic carboxylic acids is 1. The Bertz CT molecular complexity index is 978. The summed E-state index contributed by atoms with van der Waals surface area (Å²) in [4.78, 5) is 8.90. The summed E-state index contributed by atoms with van der Waals surface area (Å²) < 4.78 is 37.0. The third-order valence-corrected chi connectivity index (χ3v) is 3.40. The van der Waals surface area contributed by atoms with Crippen molar-refractivity contribution in [3.05, 3.63) is 71.7 Å². The van der Waals surface area contributed by atoms with E-state index in [0.29, 0.717) is 0 Å². The molecule has 0 amide bonds. The zero-order valence-electron chi connectivity index (χ0n) is 13.8. The van der Waals surface area contributed by atoms with E-state index >= 15 is 0 Å². The van der Waals surface area contributed by atoms with E-state index in [9.17, 15) is 13.2 Å². The number of alkyl halides is 3. The molecule has 0 spiro atoms. The largest absolute Gasteiger partial charge is 0.490 e. The third-order valence-electron chi connectivity index (χ3n) is 3.40. The lowest BCUT2D eigenvalue weighted by Crippen LogP contribution is -2.21. The number of nitrogen functional groups attached to an aromatic ring is 1. The molecule has 140 valence electrons. The van der Waals surface area contributed by atoms with Crippen molar-refractivity contribution in [3.8, 4) is 0 Å². The number of rotatable bonds is 3. The van der Waals surface area contributed by atoms with Crippen LogP contribution in [0.3, 0.4) is 0 Å². The number of nitrogens with two attached hydrogens (primary N) is 1. The zero-order valence-corrected chi connectivity index (χ0v) is 13.8. The molecule has 0 saturated heterocycles. The molecule has 1 aromatic heterocycles. The number of fused-ring (bicyclic) bond motifs is 1. The number of nitrogens with one attached hydrogen (secondary N) is 1.